The topological polar surface area (TPSA) is 83.0 Å². The number of nitrogens with two attached hydrogens (primary N) is 2. The van der Waals surface area contributed by atoms with Crippen LogP contribution in [0.5, 0.6) is 0 Å². The zero-order valence-electron chi connectivity index (χ0n) is 33.4. The Morgan fingerprint density at radius 1 is 0.694 bits per heavy atom. The van der Waals surface area contributed by atoms with Crippen molar-refractivity contribution < 1.29 is 14.2 Å². The molecule has 0 bridgehead atoms. The zero-order chi connectivity index (χ0) is 35.3. The molecule has 0 unspecified atom stereocenters. The Kier molecular flexibility index (Phi) is 17.7. The monoisotopic (exact) mass is 690 g/mol. The SMILES string of the molecule is CCCCCN(CCCCC)CCC[C@@H](C)[C@H]1CC[C@H]2[C@@H]3[C@H](OCCC)C[C@@H]4C[C@H](OCCCN)CC[C@]4(C)[C@H]3C[C@H](OCCCN)[C@]12C. The first-order chi connectivity index (χ1) is 23.8. The summed E-state index contributed by atoms with van der Waals surface area (Å²) < 4.78 is 20.5. The normalized spacial score (nSPS) is 36.4. The van der Waals surface area contributed by atoms with Gasteiger partial charge in [0.2, 0.25) is 0 Å². The molecule has 0 heterocycles. The third kappa shape index (κ3) is 10.3. The van der Waals surface area contributed by atoms with Gasteiger partial charge in [-0.05, 0) is 164 Å². The van der Waals surface area contributed by atoms with Gasteiger partial charge in [-0.15, -0.1) is 0 Å². The highest BCUT2D eigenvalue weighted by molar-refractivity contribution is 5.15. The number of hydrogen-bond acceptors (Lipinski definition) is 6. The molecule has 0 aromatic carbocycles. The van der Waals surface area contributed by atoms with Crippen LogP contribution >= 0.6 is 0 Å². The minimum atomic E-state index is 0.205. The van der Waals surface area contributed by atoms with Crippen LogP contribution in [0.1, 0.15) is 157 Å². The van der Waals surface area contributed by atoms with Crippen molar-refractivity contribution in [2.45, 2.75) is 175 Å². The summed E-state index contributed by atoms with van der Waals surface area (Å²) in [6.07, 6.45) is 23.6. The van der Waals surface area contributed by atoms with E-state index in [2.05, 4.69) is 46.4 Å². The van der Waals surface area contributed by atoms with Crippen molar-refractivity contribution in [2.24, 2.45) is 57.8 Å². The van der Waals surface area contributed by atoms with Crippen molar-refractivity contribution in [3.05, 3.63) is 0 Å². The molecule has 4 fully saturated rings. The van der Waals surface area contributed by atoms with Crippen molar-refractivity contribution in [3.63, 3.8) is 0 Å². The Morgan fingerprint density at radius 3 is 2.02 bits per heavy atom. The molecule has 0 amide bonds. The van der Waals surface area contributed by atoms with Gasteiger partial charge in [0, 0.05) is 25.2 Å². The van der Waals surface area contributed by atoms with Gasteiger partial charge in [0.1, 0.15) is 0 Å². The van der Waals surface area contributed by atoms with Crippen molar-refractivity contribution in [1.82, 2.24) is 4.90 Å². The summed E-state index contributed by atoms with van der Waals surface area (Å²) >= 11 is 0. The van der Waals surface area contributed by atoms with Crippen LogP contribution in [0.3, 0.4) is 0 Å². The third-order valence-corrected chi connectivity index (χ3v) is 14.6. The quantitative estimate of drug-likeness (QED) is 0.0984. The summed E-state index contributed by atoms with van der Waals surface area (Å²) in [5.74, 6) is 4.09. The Bertz CT molecular complexity index is 896. The second kappa shape index (κ2) is 20.9. The lowest BCUT2D eigenvalue weighted by Crippen LogP contribution is -2.63. The van der Waals surface area contributed by atoms with Crippen LogP contribution in [-0.2, 0) is 14.2 Å². The summed E-state index contributed by atoms with van der Waals surface area (Å²) in [7, 11) is 0. The van der Waals surface area contributed by atoms with Crippen LogP contribution in [0.4, 0.5) is 0 Å². The fourth-order valence-electron chi connectivity index (χ4n) is 11.9. The van der Waals surface area contributed by atoms with E-state index in [0.29, 0.717) is 60.5 Å². The van der Waals surface area contributed by atoms with Gasteiger partial charge in [0.25, 0.3) is 0 Å². The molecule has 49 heavy (non-hydrogen) atoms. The van der Waals surface area contributed by atoms with E-state index in [1.807, 2.05) is 0 Å². The van der Waals surface area contributed by atoms with E-state index >= 15 is 0 Å². The van der Waals surface area contributed by atoms with Gasteiger partial charge in [-0.25, -0.2) is 0 Å². The van der Waals surface area contributed by atoms with Gasteiger partial charge in [-0.2, -0.15) is 0 Å². The second-order valence-electron chi connectivity index (χ2n) is 17.7. The van der Waals surface area contributed by atoms with E-state index in [0.717, 1.165) is 50.9 Å². The second-order valence-corrected chi connectivity index (χ2v) is 17.7. The van der Waals surface area contributed by atoms with E-state index in [4.69, 9.17) is 25.7 Å². The molecular formula is C43H83N3O3. The molecule has 0 radical (unpaired) electrons. The van der Waals surface area contributed by atoms with E-state index in [1.54, 1.807) is 0 Å². The van der Waals surface area contributed by atoms with Crippen LogP contribution in [0.2, 0.25) is 0 Å². The van der Waals surface area contributed by atoms with E-state index < -0.39 is 0 Å². The largest absolute Gasteiger partial charge is 0.378 e. The molecule has 4 saturated carbocycles. The number of rotatable bonds is 24. The van der Waals surface area contributed by atoms with Gasteiger partial charge in [0.15, 0.2) is 0 Å². The maximum absolute atomic E-state index is 7.08. The molecule has 0 saturated heterocycles. The van der Waals surface area contributed by atoms with Gasteiger partial charge in [-0.1, -0.05) is 67.2 Å². The van der Waals surface area contributed by atoms with Gasteiger partial charge >= 0.3 is 0 Å². The average molecular weight is 690 g/mol. The molecule has 6 nitrogen and oxygen atoms in total. The standard InChI is InChI=1S/C43H83N3O3/c1-7-10-12-24-46(25-13-11-8-2)26-14-17-33(4)36-18-19-37-41-38(32-40(43(36,37)6)49-29-16-23-45)42(5)21-20-35(47-28-15-22-44)30-34(42)31-39(41)48-27-9-3/h33-41H,7-32,44-45H2,1-6H3/t33-,34+,35-,36-,37+,38+,39-,40+,41+,42+,43-/m1/s1. The summed E-state index contributed by atoms with van der Waals surface area (Å²) in [4.78, 5) is 2.80. The smallest absolute Gasteiger partial charge is 0.0637 e. The molecule has 4 N–H and O–H groups in total. The minimum Gasteiger partial charge on any atom is -0.378 e. The molecule has 6 heteroatoms. The highest BCUT2D eigenvalue weighted by atomic mass is 16.5. The molecule has 11 atom stereocenters. The fourth-order valence-corrected chi connectivity index (χ4v) is 11.9. The van der Waals surface area contributed by atoms with Gasteiger partial charge < -0.3 is 30.6 Å². The summed E-state index contributed by atoms with van der Waals surface area (Å²) in [6.45, 7) is 22.7. The van der Waals surface area contributed by atoms with Gasteiger partial charge in [-0.3, -0.25) is 0 Å². The lowest BCUT2D eigenvalue weighted by atomic mass is 9.43. The zero-order valence-corrected chi connectivity index (χ0v) is 33.4. The number of nitrogens with zero attached hydrogens (tertiary/aromatic N) is 1. The molecule has 4 rings (SSSR count). The van der Waals surface area contributed by atoms with E-state index in [9.17, 15) is 0 Å². The van der Waals surface area contributed by atoms with Crippen molar-refractivity contribution in [3.8, 4) is 0 Å². The number of unbranched alkanes of at least 4 members (excludes halogenated alkanes) is 4. The molecule has 0 aliphatic heterocycles. The van der Waals surface area contributed by atoms with Crippen molar-refractivity contribution in [1.29, 1.82) is 0 Å². The number of hydrogen-bond donors (Lipinski definition) is 2. The molecular weight excluding hydrogens is 606 g/mol. The maximum atomic E-state index is 7.08. The fraction of sp³-hybridized carbons (Fsp3) is 1.00. The summed E-state index contributed by atoms with van der Waals surface area (Å²) in [5.41, 5.74) is 12.4. The van der Waals surface area contributed by atoms with Crippen molar-refractivity contribution >= 4 is 0 Å². The molecule has 4 aliphatic rings. The molecule has 288 valence electrons. The first kappa shape index (κ1) is 41.5. The van der Waals surface area contributed by atoms with Crippen LogP contribution in [0.15, 0.2) is 0 Å². The lowest BCUT2D eigenvalue weighted by Gasteiger charge is -2.65. The Labute approximate surface area is 304 Å². The van der Waals surface area contributed by atoms with Crippen LogP contribution in [-0.4, -0.2) is 75.8 Å². The number of fused-ring (bicyclic) bond motifs is 5. The molecule has 0 spiro atoms. The molecule has 0 aromatic rings. The maximum Gasteiger partial charge on any atom is 0.0637 e. The van der Waals surface area contributed by atoms with E-state index in [-0.39, 0.29) is 5.41 Å². The first-order valence-electron chi connectivity index (χ1n) is 21.7. The highest BCUT2D eigenvalue weighted by Gasteiger charge is 2.66. The Hall–Kier alpha value is -0.240. The molecule has 4 aliphatic carbocycles. The van der Waals surface area contributed by atoms with E-state index in [1.165, 1.54) is 116 Å². The third-order valence-electron chi connectivity index (χ3n) is 14.6. The highest BCUT2D eigenvalue weighted by Crippen LogP contribution is 2.69. The van der Waals surface area contributed by atoms with Crippen LogP contribution in [0, 0.1) is 46.3 Å². The summed E-state index contributed by atoms with van der Waals surface area (Å²) in [6, 6.07) is 0. The first-order valence-corrected chi connectivity index (χ1v) is 21.7. The van der Waals surface area contributed by atoms with Gasteiger partial charge in [0.05, 0.1) is 18.3 Å². The molecule has 0 aromatic heterocycles. The number of ether oxygens (including phenoxy) is 3. The summed E-state index contributed by atoms with van der Waals surface area (Å²) in [5, 5.41) is 0. The van der Waals surface area contributed by atoms with Crippen molar-refractivity contribution in [2.75, 3.05) is 52.5 Å². The predicted octanol–water partition coefficient (Wildman–Crippen LogP) is 9.23. The predicted molar refractivity (Wildman–Crippen MR) is 207 cm³/mol. The Balaban J connectivity index is 1.52. The average Bonchev–Trinajstić information content (AvgIpc) is 3.46. The van der Waals surface area contributed by atoms with Crippen LogP contribution in [0.25, 0.3) is 0 Å². The Morgan fingerprint density at radius 2 is 1.37 bits per heavy atom. The van der Waals surface area contributed by atoms with Crippen LogP contribution < -0.4 is 11.5 Å². The lowest BCUT2D eigenvalue weighted by molar-refractivity contribution is -0.227. The minimum absolute atomic E-state index is 0.205.